The number of hydrogen-bond acceptors (Lipinski definition) is 2. The zero-order valence-corrected chi connectivity index (χ0v) is 7.76. The van der Waals surface area contributed by atoms with Gasteiger partial charge in [-0.05, 0) is 19.8 Å². The van der Waals surface area contributed by atoms with Crippen LogP contribution in [0.4, 0.5) is 0 Å². The number of hydrogen-bond donors (Lipinski definition) is 2. The van der Waals surface area contributed by atoms with Crippen LogP contribution in [0.3, 0.4) is 0 Å². The zero-order chi connectivity index (χ0) is 10.1. The summed E-state index contributed by atoms with van der Waals surface area (Å²) in [5.74, 6) is -1.29. The monoisotopic (exact) mass is 183 g/mol. The minimum Gasteiger partial charge on any atom is -0.477 e. The second-order valence-corrected chi connectivity index (χ2v) is 3.52. The molecular formula is C9H13NO3. The van der Waals surface area contributed by atoms with Crippen LogP contribution >= 0.6 is 0 Å². The Morgan fingerprint density at radius 2 is 2.00 bits per heavy atom. The minimum absolute atomic E-state index is 0.0434. The van der Waals surface area contributed by atoms with E-state index in [1.54, 1.807) is 6.92 Å². The van der Waals surface area contributed by atoms with E-state index in [1.165, 1.54) is 6.08 Å². The lowest BCUT2D eigenvalue weighted by molar-refractivity contribution is -0.135. The molecule has 4 heteroatoms. The van der Waals surface area contributed by atoms with Gasteiger partial charge in [0, 0.05) is 5.41 Å². The molecule has 1 saturated carbocycles. The van der Waals surface area contributed by atoms with E-state index in [0.717, 1.165) is 12.8 Å². The Morgan fingerprint density at radius 3 is 2.31 bits per heavy atom. The van der Waals surface area contributed by atoms with Gasteiger partial charge in [-0.1, -0.05) is 13.0 Å². The van der Waals surface area contributed by atoms with Crippen LogP contribution in [0.5, 0.6) is 0 Å². The summed E-state index contributed by atoms with van der Waals surface area (Å²) >= 11 is 0. The molecule has 0 unspecified atom stereocenters. The molecule has 1 fully saturated rings. The minimum atomic E-state index is -1.10. The number of carbonyl (C=O) groups excluding carboxylic acids is 1. The fraction of sp³-hybridized carbons (Fsp3) is 0.556. The van der Waals surface area contributed by atoms with Gasteiger partial charge < -0.3 is 10.4 Å². The third kappa shape index (κ3) is 2.08. The quantitative estimate of drug-likeness (QED) is 0.638. The number of aliphatic carboxylic acids is 1. The SMILES string of the molecule is C/C=C(/NC(=O)C1(C)CC1)C(=O)O. The van der Waals surface area contributed by atoms with Crippen LogP contribution < -0.4 is 5.32 Å². The van der Waals surface area contributed by atoms with Crippen LogP contribution in [-0.4, -0.2) is 17.0 Å². The zero-order valence-electron chi connectivity index (χ0n) is 7.76. The Morgan fingerprint density at radius 1 is 1.46 bits per heavy atom. The third-order valence-corrected chi connectivity index (χ3v) is 2.32. The lowest BCUT2D eigenvalue weighted by atomic mass is 10.1. The summed E-state index contributed by atoms with van der Waals surface area (Å²) in [6, 6.07) is 0. The molecular weight excluding hydrogens is 170 g/mol. The number of amides is 1. The van der Waals surface area contributed by atoms with Crippen molar-refractivity contribution in [2.24, 2.45) is 5.41 Å². The van der Waals surface area contributed by atoms with Crippen molar-refractivity contribution in [1.82, 2.24) is 5.32 Å². The summed E-state index contributed by atoms with van der Waals surface area (Å²) in [4.78, 5) is 21.9. The van der Waals surface area contributed by atoms with Gasteiger partial charge in [0.2, 0.25) is 5.91 Å². The Labute approximate surface area is 76.6 Å². The van der Waals surface area contributed by atoms with Gasteiger partial charge in [0.15, 0.2) is 0 Å². The Bertz CT molecular complexity index is 277. The van der Waals surface area contributed by atoms with E-state index in [1.807, 2.05) is 6.92 Å². The first-order valence-electron chi connectivity index (χ1n) is 4.20. The summed E-state index contributed by atoms with van der Waals surface area (Å²) in [5, 5.41) is 11.0. The number of nitrogens with one attached hydrogen (secondary N) is 1. The van der Waals surface area contributed by atoms with E-state index in [9.17, 15) is 9.59 Å². The topological polar surface area (TPSA) is 66.4 Å². The Hall–Kier alpha value is -1.32. The average molecular weight is 183 g/mol. The highest BCUT2D eigenvalue weighted by Crippen LogP contribution is 2.45. The van der Waals surface area contributed by atoms with Crippen molar-refractivity contribution in [2.45, 2.75) is 26.7 Å². The van der Waals surface area contributed by atoms with Crippen LogP contribution in [0.1, 0.15) is 26.7 Å². The van der Waals surface area contributed by atoms with E-state index >= 15 is 0 Å². The van der Waals surface area contributed by atoms with Gasteiger partial charge in [-0.2, -0.15) is 0 Å². The highest BCUT2D eigenvalue weighted by Gasteiger charge is 2.45. The van der Waals surface area contributed by atoms with Crippen molar-refractivity contribution >= 4 is 11.9 Å². The molecule has 72 valence electrons. The highest BCUT2D eigenvalue weighted by molar-refractivity contribution is 5.95. The van der Waals surface area contributed by atoms with Crippen LogP contribution in [0.25, 0.3) is 0 Å². The molecule has 0 bridgehead atoms. The number of carboxylic acid groups (broad SMARTS) is 1. The first-order chi connectivity index (χ1) is 5.99. The molecule has 1 aliphatic carbocycles. The van der Waals surface area contributed by atoms with Crippen molar-refractivity contribution in [3.05, 3.63) is 11.8 Å². The van der Waals surface area contributed by atoms with E-state index in [2.05, 4.69) is 5.32 Å². The van der Waals surface area contributed by atoms with Crippen LogP contribution in [-0.2, 0) is 9.59 Å². The first-order valence-corrected chi connectivity index (χ1v) is 4.20. The van der Waals surface area contributed by atoms with Gasteiger partial charge in [-0.3, -0.25) is 4.79 Å². The lowest BCUT2D eigenvalue weighted by Gasteiger charge is -2.09. The molecule has 0 heterocycles. The average Bonchev–Trinajstić information content (AvgIpc) is 2.79. The van der Waals surface area contributed by atoms with Gasteiger partial charge in [0.05, 0.1) is 0 Å². The normalized spacial score (nSPS) is 19.4. The van der Waals surface area contributed by atoms with Crippen molar-refractivity contribution in [1.29, 1.82) is 0 Å². The largest absolute Gasteiger partial charge is 0.477 e. The summed E-state index contributed by atoms with van der Waals surface area (Å²) in [7, 11) is 0. The van der Waals surface area contributed by atoms with E-state index in [4.69, 9.17) is 5.11 Å². The summed E-state index contributed by atoms with van der Waals surface area (Å²) in [5.41, 5.74) is -0.373. The standard InChI is InChI=1S/C9H13NO3/c1-3-6(7(11)12)10-8(13)9(2)4-5-9/h3H,4-5H2,1-2H3,(H,10,13)(H,11,12)/b6-3+. The number of carboxylic acids is 1. The summed E-state index contributed by atoms with van der Waals surface area (Å²) in [6.07, 6.45) is 3.07. The highest BCUT2D eigenvalue weighted by atomic mass is 16.4. The van der Waals surface area contributed by atoms with Crippen molar-refractivity contribution in [3.63, 3.8) is 0 Å². The molecule has 0 aromatic rings. The van der Waals surface area contributed by atoms with Gasteiger partial charge in [-0.15, -0.1) is 0 Å². The number of carbonyl (C=O) groups is 2. The fourth-order valence-electron chi connectivity index (χ4n) is 0.937. The molecule has 4 nitrogen and oxygen atoms in total. The van der Waals surface area contributed by atoms with Crippen molar-refractivity contribution < 1.29 is 14.7 Å². The molecule has 2 N–H and O–H groups in total. The van der Waals surface area contributed by atoms with Crippen molar-refractivity contribution in [3.8, 4) is 0 Å². The predicted octanol–water partition coefficient (Wildman–Crippen LogP) is 0.891. The maximum atomic E-state index is 11.4. The smallest absolute Gasteiger partial charge is 0.352 e. The summed E-state index contributed by atoms with van der Waals surface area (Å²) in [6.45, 7) is 3.41. The van der Waals surface area contributed by atoms with Crippen LogP contribution in [0.2, 0.25) is 0 Å². The Balaban J connectivity index is 2.57. The molecule has 13 heavy (non-hydrogen) atoms. The molecule has 1 aliphatic rings. The second-order valence-electron chi connectivity index (χ2n) is 3.52. The molecule has 0 aromatic carbocycles. The van der Waals surface area contributed by atoms with Gasteiger partial charge in [0.25, 0.3) is 0 Å². The van der Waals surface area contributed by atoms with E-state index in [-0.39, 0.29) is 17.0 Å². The maximum Gasteiger partial charge on any atom is 0.352 e. The second kappa shape index (κ2) is 3.20. The fourth-order valence-corrected chi connectivity index (χ4v) is 0.937. The van der Waals surface area contributed by atoms with E-state index in [0.29, 0.717) is 0 Å². The molecule has 0 spiro atoms. The number of allylic oxidation sites excluding steroid dienone is 1. The Kier molecular flexibility index (Phi) is 2.40. The first kappa shape index (κ1) is 9.77. The molecule has 0 saturated heterocycles. The van der Waals surface area contributed by atoms with Crippen LogP contribution in [0.15, 0.2) is 11.8 Å². The molecule has 1 rings (SSSR count). The predicted molar refractivity (Wildman–Crippen MR) is 46.9 cm³/mol. The van der Waals surface area contributed by atoms with Gasteiger partial charge in [0.1, 0.15) is 5.70 Å². The number of rotatable bonds is 3. The lowest BCUT2D eigenvalue weighted by Crippen LogP contribution is -2.32. The third-order valence-electron chi connectivity index (χ3n) is 2.32. The molecule has 0 aromatic heterocycles. The maximum absolute atomic E-state index is 11.4. The van der Waals surface area contributed by atoms with Crippen LogP contribution in [0, 0.1) is 5.41 Å². The molecule has 0 aliphatic heterocycles. The van der Waals surface area contributed by atoms with E-state index < -0.39 is 5.97 Å². The molecule has 0 atom stereocenters. The van der Waals surface area contributed by atoms with Crippen molar-refractivity contribution in [2.75, 3.05) is 0 Å². The summed E-state index contributed by atoms with van der Waals surface area (Å²) < 4.78 is 0. The molecule has 0 radical (unpaired) electrons. The van der Waals surface area contributed by atoms with Gasteiger partial charge >= 0.3 is 5.97 Å². The van der Waals surface area contributed by atoms with Gasteiger partial charge in [-0.25, -0.2) is 4.79 Å². The molecule has 1 amide bonds.